The van der Waals surface area contributed by atoms with Gasteiger partial charge in [-0.15, -0.1) is 0 Å². The van der Waals surface area contributed by atoms with Crippen LogP contribution in [-0.2, 0) is 0 Å². The predicted octanol–water partition coefficient (Wildman–Crippen LogP) is 1.88. The molecule has 84 valence electrons. The minimum atomic E-state index is -0.945. The van der Waals surface area contributed by atoms with Gasteiger partial charge in [-0.25, -0.2) is 8.78 Å². The first-order valence-corrected chi connectivity index (χ1v) is 5.21. The summed E-state index contributed by atoms with van der Waals surface area (Å²) in [6.07, 6.45) is 2.18. The minimum Gasteiger partial charge on any atom is -0.490 e. The van der Waals surface area contributed by atoms with Crippen LogP contribution in [0.3, 0.4) is 0 Å². The van der Waals surface area contributed by atoms with Crippen LogP contribution in [0.1, 0.15) is 24.3 Å². The van der Waals surface area contributed by atoms with E-state index in [0.717, 1.165) is 25.0 Å². The molecular weight excluding hydrogens is 211 g/mol. The lowest BCUT2D eigenvalue weighted by atomic mass is 9.89. The molecule has 1 unspecified atom stereocenters. The van der Waals surface area contributed by atoms with Gasteiger partial charge < -0.3 is 10.5 Å². The summed E-state index contributed by atoms with van der Waals surface area (Å²) in [6, 6.07) is 1.88. The first kappa shape index (κ1) is 11.4. The lowest BCUT2D eigenvalue weighted by Gasteiger charge is -2.15. The van der Waals surface area contributed by atoms with E-state index in [9.17, 15) is 8.78 Å². The van der Waals surface area contributed by atoms with Gasteiger partial charge >= 0.3 is 0 Å². The molecule has 2 nitrogen and oxygen atoms in total. The topological polar surface area (TPSA) is 35.2 Å². The second kappa shape index (κ2) is 4.41. The van der Waals surface area contributed by atoms with E-state index in [0.29, 0.717) is 12.5 Å². The highest BCUT2D eigenvalue weighted by Crippen LogP contribution is 2.32. The molecule has 0 saturated heterocycles. The Bertz CT molecular complexity index is 394. The molecule has 1 aliphatic rings. The molecule has 1 aromatic carbocycles. The largest absolute Gasteiger partial charge is 0.490 e. The molecule has 0 spiro atoms. The van der Waals surface area contributed by atoms with Crippen LogP contribution in [0.5, 0.6) is 5.75 Å². The number of hydrogen-bond donors (Lipinski definition) is 1. The normalized spacial score (nSPS) is 17.2. The second-order valence-corrected chi connectivity index (χ2v) is 4.09. The zero-order valence-corrected chi connectivity index (χ0v) is 8.75. The van der Waals surface area contributed by atoms with Gasteiger partial charge in [0.25, 0.3) is 0 Å². The predicted molar refractivity (Wildman–Crippen MR) is 57.3 cm³/mol. The maximum Gasteiger partial charge on any atom is 0.168 e. The number of ether oxygens (including phenoxy) is 1. The molecule has 0 heterocycles. The minimum absolute atomic E-state index is 0.0247. The summed E-state index contributed by atoms with van der Waals surface area (Å²) < 4.78 is 31.7. The zero-order valence-electron chi connectivity index (χ0n) is 8.75. The molecule has 16 heavy (non-hydrogen) atoms. The number of rotatable bonds is 4. The van der Waals surface area contributed by atoms with Crippen molar-refractivity contribution in [2.45, 2.75) is 18.8 Å². The Morgan fingerprint density at radius 1 is 1.44 bits per heavy atom. The van der Waals surface area contributed by atoms with Crippen LogP contribution in [0.4, 0.5) is 8.78 Å². The van der Waals surface area contributed by atoms with Crippen molar-refractivity contribution in [3.8, 4) is 5.75 Å². The van der Waals surface area contributed by atoms with Gasteiger partial charge in [-0.2, -0.15) is 0 Å². The van der Waals surface area contributed by atoms with Crippen molar-refractivity contribution in [3.05, 3.63) is 29.3 Å². The fourth-order valence-electron chi connectivity index (χ4n) is 1.47. The average Bonchev–Trinajstić information content (AvgIpc) is 2.98. The fourth-order valence-corrected chi connectivity index (χ4v) is 1.47. The lowest BCUT2D eigenvalue weighted by Crippen LogP contribution is -2.14. The molecule has 1 atom stereocenters. The van der Waals surface area contributed by atoms with Gasteiger partial charge in [-0.1, -0.05) is 0 Å². The van der Waals surface area contributed by atoms with Crippen LogP contribution >= 0.6 is 0 Å². The van der Waals surface area contributed by atoms with Crippen molar-refractivity contribution in [2.75, 3.05) is 6.61 Å². The van der Waals surface area contributed by atoms with E-state index in [1.807, 2.05) is 0 Å². The van der Waals surface area contributed by atoms with Crippen LogP contribution in [0, 0.1) is 17.6 Å². The first-order valence-electron chi connectivity index (χ1n) is 5.21. The van der Waals surface area contributed by atoms with Gasteiger partial charge in [0.05, 0.1) is 14.5 Å². The average molecular weight is 223 g/mol. The molecular formula is C11H12BF2NO. The molecule has 0 amide bonds. The van der Waals surface area contributed by atoms with Crippen LogP contribution in [0.25, 0.3) is 0 Å². The van der Waals surface area contributed by atoms with Crippen molar-refractivity contribution in [1.82, 2.24) is 0 Å². The summed E-state index contributed by atoms with van der Waals surface area (Å²) in [6.45, 7) is 0.433. The van der Waals surface area contributed by atoms with E-state index in [1.54, 1.807) is 0 Å². The van der Waals surface area contributed by atoms with Gasteiger partial charge in [0, 0.05) is 11.6 Å². The molecule has 0 bridgehead atoms. The van der Waals surface area contributed by atoms with Crippen molar-refractivity contribution in [2.24, 2.45) is 11.7 Å². The number of benzene rings is 1. The van der Waals surface area contributed by atoms with Crippen LogP contribution in [-0.4, -0.2) is 14.5 Å². The Morgan fingerprint density at radius 2 is 2.12 bits per heavy atom. The SMILES string of the molecule is [B]C(N)c1cc(F)cc(F)c1OCC1CC1. The Labute approximate surface area is 94.2 Å². The molecule has 5 heteroatoms. The highest BCUT2D eigenvalue weighted by Gasteiger charge is 2.24. The third-order valence-corrected chi connectivity index (χ3v) is 2.56. The smallest absolute Gasteiger partial charge is 0.168 e. The van der Waals surface area contributed by atoms with E-state index in [4.69, 9.17) is 18.3 Å². The molecule has 2 radical (unpaired) electrons. The Hall–Kier alpha value is -1.10. The van der Waals surface area contributed by atoms with Crippen molar-refractivity contribution >= 4 is 7.85 Å². The summed E-state index contributed by atoms with van der Waals surface area (Å²) in [4.78, 5) is 0. The van der Waals surface area contributed by atoms with Crippen molar-refractivity contribution in [1.29, 1.82) is 0 Å². The fraction of sp³-hybridized carbons (Fsp3) is 0.455. The van der Waals surface area contributed by atoms with E-state index < -0.39 is 17.6 Å². The quantitative estimate of drug-likeness (QED) is 0.791. The highest BCUT2D eigenvalue weighted by atomic mass is 19.1. The second-order valence-electron chi connectivity index (χ2n) is 4.09. The van der Waals surface area contributed by atoms with Gasteiger partial charge in [-0.3, -0.25) is 0 Å². The summed E-state index contributed by atoms with van der Waals surface area (Å²) in [5.74, 6) is -1.95. The van der Waals surface area contributed by atoms with Gasteiger partial charge in [0.1, 0.15) is 5.82 Å². The molecule has 2 rings (SSSR count). The maximum atomic E-state index is 13.5. The molecule has 0 aliphatic heterocycles. The first-order chi connectivity index (χ1) is 7.58. The number of nitrogens with two attached hydrogens (primary N) is 1. The Balaban J connectivity index is 2.24. The zero-order chi connectivity index (χ0) is 11.7. The van der Waals surface area contributed by atoms with Crippen LogP contribution in [0.2, 0.25) is 0 Å². The summed E-state index contributed by atoms with van der Waals surface area (Å²) in [7, 11) is 5.44. The van der Waals surface area contributed by atoms with Crippen LogP contribution in [0.15, 0.2) is 12.1 Å². The highest BCUT2D eigenvalue weighted by molar-refractivity contribution is 6.12. The lowest BCUT2D eigenvalue weighted by molar-refractivity contribution is 0.281. The third kappa shape index (κ3) is 2.53. The molecule has 1 fully saturated rings. The Kier molecular flexibility index (Phi) is 3.14. The van der Waals surface area contributed by atoms with Gasteiger partial charge in [0.15, 0.2) is 11.6 Å². The third-order valence-electron chi connectivity index (χ3n) is 2.56. The van der Waals surface area contributed by atoms with E-state index in [-0.39, 0.29) is 11.3 Å². The summed E-state index contributed by atoms with van der Waals surface area (Å²) >= 11 is 0. The Morgan fingerprint density at radius 3 is 2.69 bits per heavy atom. The van der Waals surface area contributed by atoms with E-state index >= 15 is 0 Å². The maximum absolute atomic E-state index is 13.5. The standard InChI is InChI=1S/C11H12BF2NO/c12-11(15)8-3-7(13)4-9(14)10(8)16-5-6-1-2-6/h3-4,6,11H,1-2,5,15H2. The number of halogens is 2. The van der Waals surface area contributed by atoms with Crippen molar-refractivity contribution < 1.29 is 13.5 Å². The molecule has 1 aromatic rings. The molecule has 0 aromatic heterocycles. The van der Waals surface area contributed by atoms with E-state index in [2.05, 4.69) is 0 Å². The molecule has 2 N–H and O–H groups in total. The van der Waals surface area contributed by atoms with Gasteiger partial charge in [-0.05, 0) is 30.8 Å². The molecule has 1 aliphatic carbocycles. The van der Waals surface area contributed by atoms with Gasteiger partial charge in [0.2, 0.25) is 0 Å². The monoisotopic (exact) mass is 223 g/mol. The summed E-state index contributed by atoms with van der Waals surface area (Å²) in [5.41, 5.74) is 5.60. The van der Waals surface area contributed by atoms with Crippen molar-refractivity contribution in [3.63, 3.8) is 0 Å². The van der Waals surface area contributed by atoms with E-state index in [1.165, 1.54) is 0 Å². The molecule has 1 saturated carbocycles. The number of hydrogen-bond acceptors (Lipinski definition) is 2. The van der Waals surface area contributed by atoms with Crippen LogP contribution < -0.4 is 10.5 Å². The summed E-state index contributed by atoms with van der Waals surface area (Å²) in [5, 5.41) is 0.